The fourth-order valence-corrected chi connectivity index (χ4v) is 0.966. The first-order chi connectivity index (χ1) is 5.25. The van der Waals surface area contributed by atoms with Gasteiger partial charge in [-0.05, 0) is 6.42 Å². The molecule has 0 aromatic carbocycles. The zero-order valence-electron chi connectivity index (χ0n) is 6.66. The quantitative estimate of drug-likeness (QED) is 0.413. The van der Waals surface area contributed by atoms with Gasteiger partial charge in [0.2, 0.25) is 0 Å². The van der Waals surface area contributed by atoms with Crippen LogP contribution in [0.1, 0.15) is 13.3 Å². The van der Waals surface area contributed by atoms with Crippen molar-refractivity contribution < 1.29 is 14.4 Å². The van der Waals surface area contributed by atoms with Gasteiger partial charge < -0.3 is 9.57 Å². The summed E-state index contributed by atoms with van der Waals surface area (Å²) in [6.45, 7) is 2.42. The molecular weight excluding hydrogens is 146 g/mol. The van der Waals surface area contributed by atoms with E-state index in [1.165, 1.54) is 7.11 Å². The van der Waals surface area contributed by atoms with Crippen LogP contribution in [0.2, 0.25) is 0 Å². The second kappa shape index (κ2) is 3.37. The van der Waals surface area contributed by atoms with Gasteiger partial charge in [0, 0.05) is 5.92 Å². The molecule has 0 aromatic rings. The van der Waals surface area contributed by atoms with Gasteiger partial charge in [0.05, 0.1) is 6.61 Å². The van der Waals surface area contributed by atoms with Crippen LogP contribution in [0.25, 0.3) is 0 Å². The predicted octanol–water partition coefficient (Wildman–Crippen LogP) is 0.572. The third kappa shape index (κ3) is 1.69. The lowest BCUT2D eigenvalue weighted by Gasteiger charge is -2.18. The van der Waals surface area contributed by atoms with Crippen molar-refractivity contribution in [2.45, 2.75) is 13.3 Å². The van der Waals surface area contributed by atoms with E-state index in [9.17, 15) is 4.79 Å². The zero-order valence-corrected chi connectivity index (χ0v) is 6.66. The number of esters is 1. The fraction of sp³-hybridized carbons (Fsp3) is 0.714. The highest BCUT2D eigenvalue weighted by Gasteiger charge is 2.26. The van der Waals surface area contributed by atoms with Crippen molar-refractivity contribution in [3.05, 3.63) is 0 Å². The Labute approximate surface area is 65.2 Å². The molecule has 0 amide bonds. The van der Waals surface area contributed by atoms with Gasteiger partial charge >= 0.3 is 5.97 Å². The molecule has 4 heteroatoms. The van der Waals surface area contributed by atoms with E-state index in [1.807, 2.05) is 6.92 Å². The van der Waals surface area contributed by atoms with E-state index in [1.54, 1.807) is 0 Å². The van der Waals surface area contributed by atoms with Gasteiger partial charge in [-0.2, -0.15) is 0 Å². The standard InChI is InChI=1S/C7H11NO3/c1-5-3-4-11-7(9)6(5)8-10-2/h5H,3-4H2,1-2H3/b8-6-. The molecule has 0 spiro atoms. The van der Waals surface area contributed by atoms with Crippen LogP contribution >= 0.6 is 0 Å². The van der Waals surface area contributed by atoms with Crippen LogP contribution in [-0.2, 0) is 14.4 Å². The molecule has 1 heterocycles. The highest BCUT2D eigenvalue weighted by atomic mass is 16.6. The topological polar surface area (TPSA) is 47.9 Å². The number of hydrogen-bond donors (Lipinski definition) is 0. The van der Waals surface area contributed by atoms with Crippen molar-refractivity contribution in [2.75, 3.05) is 13.7 Å². The van der Waals surface area contributed by atoms with Crippen molar-refractivity contribution in [3.63, 3.8) is 0 Å². The Balaban J connectivity index is 2.70. The normalized spacial score (nSPS) is 28.4. The summed E-state index contributed by atoms with van der Waals surface area (Å²) in [5.74, 6) is -0.207. The second-order valence-electron chi connectivity index (χ2n) is 2.48. The maximum atomic E-state index is 11.0. The summed E-state index contributed by atoms with van der Waals surface area (Å²) in [6, 6.07) is 0. The third-order valence-corrected chi connectivity index (χ3v) is 1.65. The summed E-state index contributed by atoms with van der Waals surface area (Å²) < 4.78 is 4.76. The molecule has 1 unspecified atom stereocenters. The molecule has 1 saturated heterocycles. The number of ether oxygens (including phenoxy) is 1. The average molecular weight is 157 g/mol. The fourth-order valence-electron chi connectivity index (χ4n) is 0.966. The Hall–Kier alpha value is -1.06. The minimum atomic E-state index is -0.356. The van der Waals surface area contributed by atoms with E-state index < -0.39 is 0 Å². The second-order valence-corrected chi connectivity index (χ2v) is 2.48. The van der Waals surface area contributed by atoms with E-state index >= 15 is 0 Å². The number of carbonyl (C=O) groups is 1. The smallest absolute Gasteiger partial charge is 0.356 e. The van der Waals surface area contributed by atoms with Crippen LogP contribution in [-0.4, -0.2) is 25.4 Å². The van der Waals surface area contributed by atoms with Crippen molar-refractivity contribution in [3.8, 4) is 0 Å². The van der Waals surface area contributed by atoms with Crippen LogP contribution in [0.3, 0.4) is 0 Å². The highest BCUT2D eigenvalue weighted by Crippen LogP contribution is 2.12. The van der Waals surface area contributed by atoms with Crippen molar-refractivity contribution in [2.24, 2.45) is 11.1 Å². The van der Waals surface area contributed by atoms with Crippen LogP contribution in [0, 0.1) is 5.92 Å². The van der Waals surface area contributed by atoms with Crippen molar-refractivity contribution in [1.29, 1.82) is 0 Å². The first-order valence-electron chi connectivity index (χ1n) is 3.54. The Morgan fingerprint density at radius 1 is 1.73 bits per heavy atom. The summed E-state index contributed by atoms with van der Waals surface area (Å²) in [5.41, 5.74) is 0.388. The third-order valence-electron chi connectivity index (χ3n) is 1.65. The van der Waals surface area contributed by atoms with Gasteiger partial charge in [0.1, 0.15) is 7.11 Å². The molecular formula is C7H11NO3. The monoisotopic (exact) mass is 157 g/mol. The molecule has 0 bridgehead atoms. The van der Waals surface area contributed by atoms with Crippen LogP contribution in [0.4, 0.5) is 0 Å². The molecule has 0 saturated carbocycles. The van der Waals surface area contributed by atoms with E-state index in [2.05, 4.69) is 9.99 Å². The Bertz CT molecular complexity index is 188. The van der Waals surface area contributed by atoms with E-state index in [-0.39, 0.29) is 11.9 Å². The lowest BCUT2D eigenvalue weighted by atomic mass is 10.0. The largest absolute Gasteiger partial charge is 0.461 e. The SMILES string of the molecule is CO/N=C1\C(=O)OCCC1C. The summed E-state index contributed by atoms with van der Waals surface area (Å²) in [7, 11) is 1.42. The molecule has 0 radical (unpaired) electrons. The average Bonchev–Trinajstić information content (AvgIpc) is 1.97. The lowest BCUT2D eigenvalue weighted by molar-refractivity contribution is -0.138. The Morgan fingerprint density at radius 3 is 3.00 bits per heavy atom. The Morgan fingerprint density at radius 2 is 2.45 bits per heavy atom. The van der Waals surface area contributed by atoms with E-state index in [0.29, 0.717) is 12.3 Å². The minimum Gasteiger partial charge on any atom is -0.461 e. The predicted molar refractivity (Wildman–Crippen MR) is 39.2 cm³/mol. The van der Waals surface area contributed by atoms with Gasteiger partial charge in [-0.1, -0.05) is 12.1 Å². The van der Waals surface area contributed by atoms with Gasteiger partial charge in [-0.3, -0.25) is 0 Å². The summed E-state index contributed by atoms with van der Waals surface area (Å²) in [5, 5.41) is 3.59. The first kappa shape index (κ1) is 8.04. The van der Waals surface area contributed by atoms with Crippen LogP contribution < -0.4 is 0 Å². The van der Waals surface area contributed by atoms with Gasteiger partial charge in [0.25, 0.3) is 0 Å². The van der Waals surface area contributed by atoms with Crippen molar-refractivity contribution >= 4 is 11.7 Å². The number of carbonyl (C=O) groups excluding carboxylic acids is 1. The molecule has 1 fully saturated rings. The molecule has 1 aliphatic rings. The molecule has 1 rings (SSSR count). The number of nitrogens with zero attached hydrogens (tertiary/aromatic N) is 1. The summed E-state index contributed by atoms with van der Waals surface area (Å²) in [6.07, 6.45) is 0.827. The first-order valence-corrected chi connectivity index (χ1v) is 3.54. The molecule has 0 N–H and O–H groups in total. The minimum absolute atomic E-state index is 0.149. The van der Waals surface area contributed by atoms with Crippen LogP contribution in [0.5, 0.6) is 0 Å². The number of oxime groups is 1. The molecule has 0 aromatic heterocycles. The van der Waals surface area contributed by atoms with Crippen molar-refractivity contribution in [1.82, 2.24) is 0 Å². The number of cyclic esters (lactones) is 1. The number of rotatable bonds is 1. The van der Waals surface area contributed by atoms with Gasteiger partial charge in [-0.25, -0.2) is 4.79 Å². The molecule has 1 aliphatic heterocycles. The van der Waals surface area contributed by atoms with Crippen LogP contribution in [0.15, 0.2) is 5.16 Å². The molecule has 4 nitrogen and oxygen atoms in total. The maximum absolute atomic E-state index is 11.0. The van der Waals surface area contributed by atoms with E-state index in [0.717, 1.165) is 6.42 Å². The molecule has 62 valence electrons. The summed E-state index contributed by atoms with van der Waals surface area (Å²) in [4.78, 5) is 15.5. The Kier molecular flexibility index (Phi) is 2.46. The lowest BCUT2D eigenvalue weighted by Crippen LogP contribution is -2.31. The van der Waals surface area contributed by atoms with Gasteiger partial charge in [-0.15, -0.1) is 0 Å². The van der Waals surface area contributed by atoms with E-state index in [4.69, 9.17) is 4.74 Å². The number of hydrogen-bond acceptors (Lipinski definition) is 4. The molecule has 11 heavy (non-hydrogen) atoms. The highest BCUT2D eigenvalue weighted by molar-refractivity contribution is 6.37. The molecule has 1 atom stereocenters. The molecule has 0 aliphatic carbocycles. The van der Waals surface area contributed by atoms with Gasteiger partial charge in [0.15, 0.2) is 5.71 Å². The maximum Gasteiger partial charge on any atom is 0.356 e. The zero-order chi connectivity index (χ0) is 8.27. The summed E-state index contributed by atoms with van der Waals surface area (Å²) >= 11 is 0.